The number of aromatic nitrogens is 1. The summed E-state index contributed by atoms with van der Waals surface area (Å²) in [5.41, 5.74) is 3.36. The minimum Gasteiger partial charge on any atom is -0.487 e. The van der Waals surface area contributed by atoms with Gasteiger partial charge in [-0.1, -0.05) is 28.1 Å². The molecule has 2 aromatic rings. The van der Waals surface area contributed by atoms with Crippen molar-refractivity contribution in [2.45, 2.75) is 20.1 Å². The SMILES string of the molecule is CNCc1ccc(COc2ccc(C)nc2)c(Br)c1. The van der Waals surface area contributed by atoms with E-state index in [4.69, 9.17) is 4.74 Å². The highest BCUT2D eigenvalue weighted by molar-refractivity contribution is 9.10. The molecule has 1 N–H and O–H groups in total. The lowest BCUT2D eigenvalue weighted by Crippen LogP contribution is -2.05. The number of rotatable bonds is 5. The van der Waals surface area contributed by atoms with Gasteiger partial charge in [-0.3, -0.25) is 4.98 Å². The van der Waals surface area contributed by atoms with E-state index in [2.05, 4.69) is 44.4 Å². The molecule has 1 aromatic heterocycles. The number of nitrogens with zero attached hydrogens (tertiary/aromatic N) is 1. The van der Waals surface area contributed by atoms with Gasteiger partial charge in [0.15, 0.2) is 0 Å². The van der Waals surface area contributed by atoms with Crippen molar-refractivity contribution in [3.05, 3.63) is 57.8 Å². The first kappa shape index (κ1) is 14.0. The van der Waals surface area contributed by atoms with Crippen LogP contribution in [-0.4, -0.2) is 12.0 Å². The summed E-state index contributed by atoms with van der Waals surface area (Å²) in [5.74, 6) is 0.789. The van der Waals surface area contributed by atoms with Gasteiger partial charge in [0.05, 0.1) is 6.20 Å². The molecule has 3 nitrogen and oxygen atoms in total. The van der Waals surface area contributed by atoms with Crippen LogP contribution in [0.2, 0.25) is 0 Å². The van der Waals surface area contributed by atoms with E-state index in [0.29, 0.717) is 6.61 Å². The molecule has 1 heterocycles. The van der Waals surface area contributed by atoms with Crippen LogP contribution in [0.4, 0.5) is 0 Å². The molecule has 0 amide bonds. The van der Waals surface area contributed by atoms with E-state index in [9.17, 15) is 0 Å². The highest BCUT2D eigenvalue weighted by atomic mass is 79.9. The van der Waals surface area contributed by atoms with Gasteiger partial charge in [0, 0.05) is 22.3 Å². The van der Waals surface area contributed by atoms with Crippen LogP contribution in [0.25, 0.3) is 0 Å². The van der Waals surface area contributed by atoms with Gasteiger partial charge in [0.1, 0.15) is 12.4 Å². The number of ether oxygens (including phenoxy) is 1. The molecule has 0 aliphatic rings. The summed E-state index contributed by atoms with van der Waals surface area (Å²) in [5, 5.41) is 3.13. The smallest absolute Gasteiger partial charge is 0.138 e. The van der Waals surface area contributed by atoms with Gasteiger partial charge in [-0.15, -0.1) is 0 Å². The first-order valence-corrected chi connectivity index (χ1v) is 6.95. The maximum atomic E-state index is 5.72. The molecular weight excluding hydrogens is 304 g/mol. The molecule has 0 spiro atoms. The highest BCUT2D eigenvalue weighted by Gasteiger charge is 2.03. The quantitative estimate of drug-likeness (QED) is 0.916. The first-order chi connectivity index (χ1) is 9.19. The number of benzene rings is 1. The van der Waals surface area contributed by atoms with Crippen molar-refractivity contribution in [3.63, 3.8) is 0 Å². The summed E-state index contributed by atoms with van der Waals surface area (Å²) in [6.45, 7) is 3.35. The molecule has 2 rings (SSSR count). The van der Waals surface area contributed by atoms with Crippen LogP contribution in [0, 0.1) is 6.92 Å². The number of nitrogens with one attached hydrogen (secondary N) is 1. The van der Waals surface area contributed by atoms with E-state index < -0.39 is 0 Å². The molecule has 0 aliphatic carbocycles. The standard InChI is InChI=1S/C15H17BrN2O/c1-11-3-6-14(9-18-11)19-10-13-5-4-12(8-17-2)7-15(13)16/h3-7,9,17H,8,10H2,1-2H3. The van der Waals surface area contributed by atoms with Crippen molar-refractivity contribution in [2.75, 3.05) is 7.05 Å². The van der Waals surface area contributed by atoms with Crippen molar-refractivity contribution < 1.29 is 4.74 Å². The zero-order valence-electron chi connectivity index (χ0n) is 11.1. The van der Waals surface area contributed by atoms with Gasteiger partial charge in [0.25, 0.3) is 0 Å². The third-order valence-electron chi connectivity index (χ3n) is 2.78. The van der Waals surface area contributed by atoms with E-state index in [1.54, 1.807) is 6.20 Å². The fourth-order valence-corrected chi connectivity index (χ4v) is 2.26. The van der Waals surface area contributed by atoms with Gasteiger partial charge < -0.3 is 10.1 Å². The largest absolute Gasteiger partial charge is 0.487 e. The number of halogens is 1. The van der Waals surface area contributed by atoms with Crippen LogP contribution in [0.1, 0.15) is 16.8 Å². The maximum absolute atomic E-state index is 5.72. The van der Waals surface area contributed by atoms with Gasteiger partial charge >= 0.3 is 0 Å². The topological polar surface area (TPSA) is 34.1 Å². The molecule has 1 aromatic carbocycles. The predicted octanol–water partition coefficient (Wildman–Crippen LogP) is 3.45. The lowest BCUT2D eigenvalue weighted by molar-refractivity contribution is 0.304. The molecule has 0 bridgehead atoms. The summed E-state index contributed by atoms with van der Waals surface area (Å²) in [6, 6.07) is 10.2. The van der Waals surface area contributed by atoms with Crippen molar-refractivity contribution in [1.29, 1.82) is 0 Å². The average Bonchev–Trinajstić information content (AvgIpc) is 2.40. The Kier molecular flexibility index (Phi) is 4.93. The number of hydrogen-bond acceptors (Lipinski definition) is 3. The van der Waals surface area contributed by atoms with Crippen LogP contribution in [0.5, 0.6) is 5.75 Å². The Morgan fingerprint density at radius 3 is 2.74 bits per heavy atom. The summed E-state index contributed by atoms with van der Waals surface area (Å²) < 4.78 is 6.79. The maximum Gasteiger partial charge on any atom is 0.138 e. The molecule has 4 heteroatoms. The molecule has 0 saturated heterocycles. The number of hydrogen-bond donors (Lipinski definition) is 1. The third kappa shape index (κ3) is 4.04. The molecular formula is C15H17BrN2O. The van der Waals surface area contributed by atoms with Gasteiger partial charge in [-0.25, -0.2) is 0 Å². The summed E-state index contributed by atoms with van der Waals surface area (Å²) in [7, 11) is 1.94. The summed E-state index contributed by atoms with van der Waals surface area (Å²) >= 11 is 3.58. The van der Waals surface area contributed by atoms with E-state index in [0.717, 1.165) is 28.0 Å². The molecule has 19 heavy (non-hydrogen) atoms. The van der Waals surface area contributed by atoms with Crippen molar-refractivity contribution in [3.8, 4) is 5.75 Å². The van der Waals surface area contributed by atoms with E-state index >= 15 is 0 Å². The van der Waals surface area contributed by atoms with Crippen LogP contribution in [0.15, 0.2) is 41.0 Å². The lowest BCUT2D eigenvalue weighted by Gasteiger charge is -2.09. The van der Waals surface area contributed by atoms with Crippen LogP contribution in [-0.2, 0) is 13.2 Å². The molecule has 0 fully saturated rings. The molecule has 0 aliphatic heterocycles. The zero-order valence-corrected chi connectivity index (χ0v) is 12.7. The van der Waals surface area contributed by atoms with Crippen molar-refractivity contribution in [2.24, 2.45) is 0 Å². The van der Waals surface area contributed by atoms with E-state index in [-0.39, 0.29) is 0 Å². The minimum atomic E-state index is 0.533. The fraction of sp³-hybridized carbons (Fsp3) is 0.267. The van der Waals surface area contributed by atoms with Gasteiger partial charge in [0.2, 0.25) is 0 Å². The Morgan fingerprint density at radius 1 is 1.26 bits per heavy atom. The van der Waals surface area contributed by atoms with Gasteiger partial charge in [-0.05, 0) is 37.7 Å². The minimum absolute atomic E-state index is 0.533. The van der Waals surface area contributed by atoms with Gasteiger partial charge in [-0.2, -0.15) is 0 Å². The average molecular weight is 321 g/mol. The summed E-state index contributed by atoms with van der Waals surface area (Å²) in [6.07, 6.45) is 1.75. The summed E-state index contributed by atoms with van der Waals surface area (Å²) in [4.78, 5) is 4.21. The van der Waals surface area contributed by atoms with Crippen LogP contribution in [0.3, 0.4) is 0 Å². The molecule has 0 atom stereocenters. The van der Waals surface area contributed by atoms with Crippen LogP contribution >= 0.6 is 15.9 Å². The fourth-order valence-electron chi connectivity index (χ4n) is 1.72. The second-order valence-electron chi connectivity index (χ2n) is 4.38. The van der Waals surface area contributed by atoms with E-state index in [1.165, 1.54) is 5.56 Å². The molecule has 0 radical (unpaired) electrons. The second kappa shape index (κ2) is 6.68. The Labute approximate surface area is 122 Å². The lowest BCUT2D eigenvalue weighted by atomic mass is 10.1. The molecule has 0 saturated carbocycles. The Bertz CT molecular complexity index is 540. The van der Waals surface area contributed by atoms with Crippen LogP contribution < -0.4 is 10.1 Å². The monoisotopic (exact) mass is 320 g/mol. The zero-order chi connectivity index (χ0) is 13.7. The Morgan fingerprint density at radius 2 is 2.11 bits per heavy atom. The predicted molar refractivity (Wildman–Crippen MR) is 80.2 cm³/mol. The molecule has 0 unspecified atom stereocenters. The van der Waals surface area contributed by atoms with Crippen molar-refractivity contribution in [1.82, 2.24) is 10.3 Å². The second-order valence-corrected chi connectivity index (χ2v) is 5.23. The highest BCUT2D eigenvalue weighted by Crippen LogP contribution is 2.21. The van der Waals surface area contributed by atoms with E-state index in [1.807, 2.05) is 26.1 Å². The number of pyridine rings is 1. The van der Waals surface area contributed by atoms with Crippen molar-refractivity contribution >= 4 is 15.9 Å². The normalized spacial score (nSPS) is 10.5. The number of aryl methyl sites for hydroxylation is 1. The third-order valence-corrected chi connectivity index (χ3v) is 3.52. The Hall–Kier alpha value is -1.39. The molecule has 100 valence electrons. The Balaban J connectivity index is 2.01. The first-order valence-electron chi connectivity index (χ1n) is 6.16.